The molecule has 1 aliphatic rings. The van der Waals surface area contributed by atoms with Gasteiger partial charge >= 0.3 is 6.18 Å². The Hall–Kier alpha value is -1.31. The molecule has 1 saturated heterocycles. The fourth-order valence-corrected chi connectivity index (χ4v) is 1.60. The standard InChI is InChI=1S/C10H15F3N2O3/c1-2-7-9(17)15(5-8(16)14-7)3-4-18-6-10(11,12)13/h7H,2-6H2,1H3,(H,14,16). The molecule has 5 nitrogen and oxygen atoms in total. The van der Waals surface area contributed by atoms with Crippen LogP contribution in [0.5, 0.6) is 0 Å². The van der Waals surface area contributed by atoms with Crippen LogP contribution in [0, 0.1) is 0 Å². The Balaban J connectivity index is 2.36. The maximum absolute atomic E-state index is 11.8. The van der Waals surface area contributed by atoms with Crippen LogP contribution >= 0.6 is 0 Å². The topological polar surface area (TPSA) is 58.6 Å². The zero-order valence-corrected chi connectivity index (χ0v) is 9.92. The molecule has 0 aromatic carbocycles. The van der Waals surface area contributed by atoms with Gasteiger partial charge in [0.1, 0.15) is 12.6 Å². The summed E-state index contributed by atoms with van der Waals surface area (Å²) in [6.45, 7) is 0.00341. The summed E-state index contributed by atoms with van der Waals surface area (Å²) >= 11 is 0. The minimum Gasteiger partial charge on any atom is -0.370 e. The predicted molar refractivity (Wildman–Crippen MR) is 55.7 cm³/mol. The van der Waals surface area contributed by atoms with Crippen LogP contribution in [0.15, 0.2) is 0 Å². The van der Waals surface area contributed by atoms with Crippen molar-refractivity contribution in [2.45, 2.75) is 25.6 Å². The van der Waals surface area contributed by atoms with Crippen molar-refractivity contribution in [1.29, 1.82) is 0 Å². The molecule has 0 saturated carbocycles. The number of nitrogens with zero attached hydrogens (tertiary/aromatic N) is 1. The molecule has 0 radical (unpaired) electrons. The first-order valence-corrected chi connectivity index (χ1v) is 5.56. The number of alkyl halides is 3. The van der Waals surface area contributed by atoms with Crippen LogP contribution < -0.4 is 5.32 Å². The molecule has 8 heteroatoms. The minimum atomic E-state index is -4.38. The van der Waals surface area contributed by atoms with E-state index in [4.69, 9.17) is 0 Å². The van der Waals surface area contributed by atoms with Crippen LogP contribution in [0.25, 0.3) is 0 Å². The molecule has 1 heterocycles. The second kappa shape index (κ2) is 6.03. The number of carbonyl (C=O) groups is 2. The number of halogens is 3. The van der Waals surface area contributed by atoms with Gasteiger partial charge in [0.25, 0.3) is 0 Å². The molecular weight excluding hydrogens is 253 g/mol. The van der Waals surface area contributed by atoms with E-state index in [1.165, 1.54) is 4.90 Å². The first kappa shape index (κ1) is 14.7. The second-order valence-electron chi connectivity index (χ2n) is 3.96. The van der Waals surface area contributed by atoms with Gasteiger partial charge in [-0.2, -0.15) is 13.2 Å². The van der Waals surface area contributed by atoms with Crippen LogP contribution in [0.4, 0.5) is 13.2 Å². The van der Waals surface area contributed by atoms with E-state index in [-0.39, 0.29) is 31.5 Å². The molecule has 0 aromatic rings. The number of hydrogen-bond acceptors (Lipinski definition) is 3. The van der Waals surface area contributed by atoms with Gasteiger partial charge in [0.15, 0.2) is 0 Å². The number of carbonyl (C=O) groups excluding carboxylic acids is 2. The quantitative estimate of drug-likeness (QED) is 0.730. The van der Waals surface area contributed by atoms with Gasteiger partial charge < -0.3 is 15.0 Å². The van der Waals surface area contributed by atoms with Gasteiger partial charge in [-0.15, -0.1) is 0 Å². The van der Waals surface area contributed by atoms with E-state index in [9.17, 15) is 22.8 Å². The first-order chi connectivity index (χ1) is 8.33. The third-order valence-corrected chi connectivity index (χ3v) is 2.46. The van der Waals surface area contributed by atoms with E-state index in [0.717, 1.165) is 0 Å². The minimum absolute atomic E-state index is 0.0150. The average Bonchev–Trinajstić information content (AvgIpc) is 2.27. The molecule has 2 amide bonds. The molecular formula is C10H15F3N2O3. The molecule has 1 unspecified atom stereocenters. The predicted octanol–water partition coefficient (Wildman–Crippen LogP) is 0.302. The lowest BCUT2D eigenvalue weighted by atomic mass is 10.1. The molecule has 0 bridgehead atoms. The molecule has 1 aliphatic heterocycles. The third-order valence-electron chi connectivity index (χ3n) is 2.46. The Labute approximate surface area is 102 Å². The van der Waals surface area contributed by atoms with Crippen molar-refractivity contribution in [3.05, 3.63) is 0 Å². The maximum atomic E-state index is 11.8. The van der Waals surface area contributed by atoms with Crippen LogP contribution in [0.1, 0.15) is 13.3 Å². The summed E-state index contributed by atoms with van der Waals surface area (Å²) in [7, 11) is 0. The van der Waals surface area contributed by atoms with Gasteiger partial charge in [-0.25, -0.2) is 0 Å². The first-order valence-electron chi connectivity index (χ1n) is 5.56. The average molecular weight is 268 g/mol. The Kier molecular flexibility index (Phi) is 4.94. The molecule has 0 spiro atoms. The van der Waals surface area contributed by atoms with E-state index in [0.29, 0.717) is 6.42 Å². The molecule has 1 N–H and O–H groups in total. The van der Waals surface area contributed by atoms with E-state index >= 15 is 0 Å². The van der Waals surface area contributed by atoms with Gasteiger partial charge in [0.05, 0.1) is 13.2 Å². The van der Waals surface area contributed by atoms with Gasteiger partial charge in [-0.05, 0) is 6.42 Å². The zero-order chi connectivity index (χ0) is 13.8. The fourth-order valence-electron chi connectivity index (χ4n) is 1.60. The summed E-state index contributed by atoms with van der Waals surface area (Å²) in [6, 6.07) is -0.589. The Morgan fingerprint density at radius 1 is 1.44 bits per heavy atom. The lowest BCUT2D eigenvalue weighted by Crippen LogP contribution is -2.58. The summed E-state index contributed by atoms with van der Waals surface area (Å²) in [4.78, 5) is 24.2. The third kappa shape index (κ3) is 4.52. The van der Waals surface area contributed by atoms with Crippen molar-refractivity contribution in [2.24, 2.45) is 0 Å². The maximum Gasteiger partial charge on any atom is 0.411 e. The highest BCUT2D eigenvalue weighted by atomic mass is 19.4. The van der Waals surface area contributed by atoms with Crippen molar-refractivity contribution in [2.75, 3.05) is 26.3 Å². The molecule has 1 atom stereocenters. The highest BCUT2D eigenvalue weighted by Gasteiger charge is 2.31. The Morgan fingerprint density at radius 3 is 2.67 bits per heavy atom. The van der Waals surface area contributed by atoms with Gasteiger partial charge in [-0.3, -0.25) is 9.59 Å². The number of piperazine rings is 1. The SMILES string of the molecule is CCC1NC(=O)CN(CCOCC(F)(F)F)C1=O. The highest BCUT2D eigenvalue weighted by molar-refractivity contribution is 5.94. The molecule has 1 rings (SSSR count). The van der Waals surface area contributed by atoms with E-state index < -0.39 is 18.8 Å². The van der Waals surface area contributed by atoms with Gasteiger partial charge in [-0.1, -0.05) is 6.92 Å². The van der Waals surface area contributed by atoms with Crippen molar-refractivity contribution in [1.82, 2.24) is 10.2 Å². The zero-order valence-electron chi connectivity index (χ0n) is 9.92. The summed E-state index contributed by atoms with van der Waals surface area (Å²) in [5.74, 6) is -0.593. The number of hydrogen-bond donors (Lipinski definition) is 1. The van der Waals surface area contributed by atoms with Crippen molar-refractivity contribution < 1.29 is 27.5 Å². The van der Waals surface area contributed by atoms with Crippen molar-refractivity contribution in [3.8, 4) is 0 Å². The van der Waals surface area contributed by atoms with E-state index in [1.807, 2.05) is 0 Å². The summed E-state index contributed by atoms with van der Waals surface area (Å²) in [6.07, 6.45) is -3.93. The van der Waals surface area contributed by atoms with Crippen LogP contribution in [0.2, 0.25) is 0 Å². The summed E-state index contributed by atoms with van der Waals surface area (Å²) < 4.78 is 39.8. The lowest BCUT2D eigenvalue weighted by molar-refractivity contribution is -0.175. The van der Waals surface area contributed by atoms with Gasteiger partial charge in [0.2, 0.25) is 11.8 Å². The van der Waals surface area contributed by atoms with Crippen LogP contribution in [-0.2, 0) is 14.3 Å². The van der Waals surface area contributed by atoms with Crippen LogP contribution in [-0.4, -0.2) is 55.2 Å². The number of nitrogens with one attached hydrogen (secondary N) is 1. The normalized spacial score (nSPS) is 21.1. The molecule has 18 heavy (non-hydrogen) atoms. The molecule has 1 fully saturated rings. The van der Waals surface area contributed by atoms with E-state index in [2.05, 4.69) is 10.1 Å². The molecule has 104 valence electrons. The smallest absolute Gasteiger partial charge is 0.370 e. The highest BCUT2D eigenvalue weighted by Crippen LogP contribution is 2.14. The monoisotopic (exact) mass is 268 g/mol. The van der Waals surface area contributed by atoms with Crippen molar-refractivity contribution >= 4 is 11.8 Å². The number of ether oxygens (including phenoxy) is 1. The fraction of sp³-hybridized carbons (Fsp3) is 0.800. The van der Waals surface area contributed by atoms with Gasteiger partial charge in [0, 0.05) is 6.54 Å². The van der Waals surface area contributed by atoms with Crippen molar-refractivity contribution in [3.63, 3.8) is 0 Å². The summed E-state index contributed by atoms with van der Waals surface area (Å²) in [5.41, 5.74) is 0. The second-order valence-corrected chi connectivity index (χ2v) is 3.96. The Bertz CT molecular complexity index is 320. The number of rotatable bonds is 5. The largest absolute Gasteiger partial charge is 0.411 e. The number of amides is 2. The summed E-state index contributed by atoms with van der Waals surface area (Å²) in [5, 5.41) is 2.51. The van der Waals surface area contributed by atoms with E-state index in [1.54, 1.807) is 6.92 Å². The van der Waals surface area contributed by atoms with Crippen LogP contribution in [0.3, 0.4) is 0 Å². The Morgan fingerprint density at radius 2 is 2.11 bits per heavy atom. The lowest BCUT2D eigenvalue weighted by Gasteiger charge is -2.31. The molecule has 0 aromatic heterocycles. The molecule has 0 aliphatic carbocycles.